The number of carbonyl (C=O) groups is 2. The van der Waals surface area contributed by atoms with Gasteiger partial charge in [-0.25, -0.2) is 0 Å². The normalized spacial score (nSPS) is 17.5. The molecule has 1 aliphatic heterocycles. The van der Waals surface area contributed by atoms with E-state index in [1.807, 2.05) is 13.8 Å². The third-order valence-electron chi connectivity index (χ3n) is 4.45. The van der Waals surface area contributed by atoms with Crippen molar-refractivity contribution in [1.29, 1.82) is 0 Å². The lowest BCUT2D eigenvalue weighted by atomic mass is 10.1. The molecule has 1 fully saturated rings. The van der Waals surface area contributed by atoms with Gasteiger partial charge in [0, 0.05) is 50.0 Å². The molecule has 25 heavy (non-hydrogen) atoms. The summed E-state index contributed by atoms with van der Waals surface area (Å²) in [5.74, 6) is -0.000845. The first-order valence-electron chi connectivity index (χ1n) is 8.69. The zero-order valence-corrected chi connectivity index (χ0v) is 16.1. The smallest absolute Gasteiger partial charge is 0.253 e. The fourth-order valence-corrected chi connectivity index (χ4v) is 2.89. The predicted octanol–water partition coefficient (Wildman–Crippen LogP) is 1.82. The molecule has 1 saturated heterocycles. The van der Waals surface area contributed by atoms with Crippen molar-refractivity contribution in [2.45, 2.75) is 26.8 Å². The van der Waals surface area contributed by atoms with Crippen LogP contribution in [0.3, 0.4) is 0 Å². The first kappa shape index (κ1) is 21.4. The molecule has 7 heteroatoms. The van der Waals surface area contributed by atoms with E-state index < -0.39 is 0 Å². The Morgan fingerprint density at radius 1 is 1.24 bits per heavy atom. The van der Waals surface area contributed by atoms with Gasteiger partial charge in [0.05, 0.1) is 6.54 Å². The van der Waals surface area contributed by atoms with Crippen LogP contribution in [-0.2, 0) is 4.79 Å². The highest BCUT2D eigenvalue weighted by Gasteiger charge is 2.20. The number of benzene rings is 1. The van der Waals surface area contributed by atoms with Crippen LogP contribution >= 0.6 is 12.4 Å². The summed E-state index contributed by atoms with van der Waals surface area (Å²) in [6, 6.07) is 7.47. The van der Waals surface area contributed by atoms with Crippen LogP contribution in [0.1, 0.15) is 31.1 Å². The second-order valence-corrected chi connectivity index (χ2v) is 6.13. The number of piperazine rings is 1. The largest absolute Gasteiger partial charge is 0.339 e. The Balaban J connectivity index is 0.00000312. The molecule has 140 valence electrons. The van der Waals surface area contributed by atoms with E-state index in [9.17, 15) is 9.59 Å². The predicted molar refractivity (Wildman–Crippen MR) is 103 cm³/mol. The number of amides is 2. The molecule has 6 nitrogen and oxygen atoms in total. The van der Waals surface area contributed by atoms with E-state index in [1.54, 1.807) is 29.2 Å². The molecule has 2 amide bonds. The lowest BCUT2D eigenvalue weighted by Gasteiger charge is -2.33. The summed E-state index contributed by atoms with van der Waals surface area (Å²) in [5, 5.41) is 6.22. The Morgan fingerprint density at radius 3 is 2.44 bits per heavy atom. The van der Waals surface area contributed by atoms with Crippen molar-refractivity contribution in [3.63, 3.8) is 0 Å². The molecule has 1 aromatic rings. The van der Waals surface area contributed by atoms with Crippen molar-refractivity contribution in [1.82, 2.24) is 15.1 Å². The van der Waals surface area contributed by atoms with Crippen LogP contribution in [0.5, 0.6) is 0 Å². The summed E-state index contributed by atoms with van der Waals surface area (Å²) in [6.07, 6.45) is 0. The second-order valence-electron chi connectivity index (χ2n) is 6.13. The van der Waals surface area contributed by atoms with Gasteiger partial charge >= 0.3 is 0 Å². The van der Waals surface area contributed by atoms with Crippen LogP contribution in [0.2, 0.25) is 0 Å². The van der Waals surface area contributed by atoms with Gasteiger partial charge < -0.3 is 15.5 Å². The van der Waals surface area contributed by atoms with Crippen molar-refractivity contribution in [2.24, 2.45) is 0 Å². The maximum Gasteiger partial charge on any atom is 0.253 e. The second kappa shape index (κ2) is 10.4. The minimum Gasteiger partial charge on any atom is -0.339 e. The van der Waals surface area contributed by atoms with Gasteiger partial charge in [0.1, 0.15) is 0 Å². The molecule has 2 rings (SSSR count). The number of rotatable bonds is 6. The molecule has 2 N–H and O–H groups in total. The van der Waals surface area contributed by atoms with Gasteiger partial charge in [0.2, 0.25) is 5.91 Å². The molecule has 0 bridgehead atoms. The average molecular weight is 369 g/mol. The summed E-state index contributed by atoms with van der Waals surface area (Å²) >= 11 is 0. The summed E-state index contributed by atoms with van der Waals surface area (Å²) < 4.78 is 0. The number of nitrogens with zero attached hydrogens (tertiary/aromatic N) is 2. The topological polar surface area (TPSA) is 64.7 Å². The molecule has 0 aromatic heterocycles. The van der Waals surface area contributed by atoms with Gasteiger partial charge in [-0.2, -0.15) is 0 Å². The van der Waals surface area contributed by atoms with Crippen LogP contribution in [0.25, 0.3) is 0 Å². The molecular formula is C18H29ClN4O2. The quantitative estimate of drug-likeness (QED) is 0.804. The van der Waals surface area contributed by atoms with E-state index in [0.29, 0.717) is 31.2 Å². The Hall–Kier alpha value is -1.63. The Morgan fingerprint density at radius 2 is 1.88 bits per heavy atom. The summed E-state index contributed by atoms with van der Waals surface area (Å²) in [4.78, 5) is 28.4. The van der Waals surface area contributed by atoms with Gasteiger partial charge in [0.25, 0.3) is 5.91 Å². The van der Waals surface area contributed by atoms with Gasteiger partial charge in [0.15, 0.2) is 0 Å². The van der Waals surface area contributed by atoms with Crippen LogP contribution in [0, 0.1) is 0 Å². The summed E-state index contributed by atoms with van der Waals surface area (Å²) in [7, 11) is 0. The van der Waals surface area contributed by atoms with E-state index >= 15 is 0 Å². The highest BCUT2D eigenvalue weighted by atomic mass is 35.5. The van der Waals surface area contributed by atoms with Crippen molar-refractivity contribution < 1.29 is 9.59 Å². The number of anilines is 1. The molecule has 1 aromatic carbocycles. The first-order chi connectivity index (χ1) is 11.5. The van der Waals surface area contributed by atoms with Crippen molar-refractivity contribution in [2.75, 3.05) is 44.6 Å². The van der Waals surface area contributed by atoms with Crippen molar-refractivity contribution in [3.8, 4) is 0 Å². The lowest BCUT2D eigenvalue weighted by molar-refractivity contribution is -0.118. The van der Waals surface area contributed by atoms with Crippen LogP contribution in [0.15, 0.2) is 24.3 Å². The number of hydrogen-bond donors (Lipinski definition) is 2. The summed E-state index contributed by atoms with van der Waals surface area (Å²) in [5.41, 5.74) is 1.37. The van der Waals surface area contributed by atoms with E-state index in [4.69, 9.17) is 0 Å². The molecule has 0 unspecified atom stereocenters. The minimum absolute atomic E-state index is 0. The van der Waals surface area contributed by atoms with Gasteiger partial charge in [-0.15, -0.1) is 12.4 Å². The zero-order valence-electron chi connectivity index (χ0n) is 15.2. The molecular weight excluding hydrogens is 340 g/mol. The molecule has 0 aliphatic carbocycles. The average Bonchev–Trinajstić information content (AvgIpc) is 2.58. The molecule has 1 heterocycles. The molecule has 1 aliphatic rings. The van der Waals surface area contributed by atoms with Gasteiger partial charge in [-0.05, 0) is 45.0 Å². The van der Waals surface area contributed by atoms with Crippen LogP contribution in [0.4, 0.5) is 5.69 Å². The fraction of sp³-hybridized carbons (Fsp3) is 0.556. The van der Waals surface area contributed by atoms with E-state index in [-0.39, 0.29) is 24.2 Å². The van der Waals surface area contributed by atoms with Gasteiger partial charge in [-0.1, -0.05) is 0 Å². The number of hydrogen-bond acceptors (Lipinski definition) is 4. The monoisotopic (exact) mass is 368 g/mol. The van der Waals surface area contributed by atoms with Crippen molar-refractivity contribution in [3.05, 3.63) is 29.8 Å². The van der Waals surface area contributed by atoms with Crippen LogP contribution in [-0.4, -0.2) is 66.9 Å². The Kier molecular flexibility index (Phi) is 8.89. The van der Waals surface area contributed by atoms with E-state index in [0.717, 1.165) is 25.3 Å². The maximum atomic E-state index is 12.3. The van der Waals surface area contributed by atoms with E-state index in [2.05, 4.69) is 22.5 Å². The highest BCUT2D eigenvalue weighted by molar-refractivity contribution is 5.96. The Labute approximate surface area is 156 Å². The Bertz CT molecular complexity index is 561. The maximum absolute atomic E-state index is 12.3. The van der Waals surface area contributed by atoms with E-state index in [1.165, 1.54) is 0 Å². The first-order valence-corrected chi connectivity index (χ1v) is 8.69. The molecule has 1 atom stereocenters. The third-order valence-corrected chi connectivity index (χ3v) is 4.45. The fourth-order valence-electron chi connectivity index (χ4n) is 2.89. The number of carbonyl (C=O) groups excluding carboxylic acids is 2. The zero-order chi connectivity index (χ0) is 17.5. The summed E-state index contributed by atoms with van der Waals surface area (Å²) in [6.45, 7) is 10.5. The highest BCUT2D eigenvalue weighted by Crippen LogP contribution is 2.12. The molecule has 0 radical (unpaired) electrons. The number of nitrogens with one attached hydrogen (secondary N) is 2. The molecule has 0 saturated carbocycles. The standard InChI is InChI=1S/C18H28N4O2.ClH/c1-4-21(5-2)18(24)15-6-8-16(9-7-15)20-17(23)13-22-11-10-19-12-14(22)3;/h6-9,14,19H,4-5,10-13H2,1-3H3,(H,20,23);1H/t14-;/m1./s1. The third kappa shape index (κ3) is 5.99. The SMILES string of the molecule is CCN(CC)C(=O)c1ccc(NC(=O)CN2CCNC[C@H]2C)cc1.Cl. The lowest BCUT2D eigenvalue weighted by Crippen LogP contribution is -2.51. The van der Waals surface area contributed by atoms with Crippen LogP contribution < -0.4 is 10.6 Å². The molecule has 0 spiro atoms. The van der Waals surface area contributed by atoms with Gasteiger partial charge in [-0.3, -0.25) is 14.5 Å². The minimum atomic E-state index is -0.0217. The number of halogens is 1. The van der Waals surface area contributed by atoms with Crippen molar-refractivity contribution >= 4 is 29.9 Å².